The van der Waals surface area contributed by atoms with Crippen LogP contribution < -0.4 is 19.7 Å². The Morgan fingerprint density at radius 1 is 0.931 bits per heavy atom. The SMILES string of the molecule is COc1ccc(C(=O)NCCCc2ccc(N3CCCCCC3)cc2)cc1OC. The minimum absolute atomic E-state index is 0.0949. The van der Waals surface area contributed by atoms with Gasteiger partial charge in [0.15, 0.2) is 11.5 Å². The number of benzene rings is 2. The van der Waals surface area contributed by atoms with Gasteiger partial charge in [-0.15, -0.1) is 0 Å². The highest BCUT2D eigenvalue weighted by Crippen LogP contribution is 2.27. The van der Waals surface area contributed by atoms with Gasteiger partial charge >= 0.3 is 0 Å². The van der Waals surface area contributed by atoms with E-state index in [4.69, 9.17) is 9.47 Å². The van der Waals surface area contributed by atoms with E-state index in [1.54, 1.807) is 32.4 Å². The van der Waals surface area contributed by atoms with Gasteiger partial charge in [-0.25, -0.2) is 0 Å². The van der Waals surface area contributed by atoms with Gasteiger partial charge in [0.05, 0.1) is 14.2 Å². The predicted octanol–water partition coefficient (Wildman–Crippen LogP) is 4.45. The van der Waals surface area contributed by atoms with E-state index in [1.807, 2.05) is 0 Å². The van der Waals surface area contributed by atoms with E-state index >= 15 is 0 Å². The number of ether oxygens (including phenoxy) is 2. The standard InChI is InChI=1S/C24H32N2O3/c1-28-22-14-11-20(18-23(22)29-2)24(27)25-15-7-8-19-9-12-21(13-10-19)26-16-5-3-4-6-17-26/h9-14,18H,3-8,15-17H2,1-2H3,(H,25,27). The van der Waals surface area contributed by atoms with Crippen LogP contribution in [0.2, 0.25) is 0 Å². The molecule has 0 spiro atoms. The fraction of sp³-hybridized carbons (Fsp3) is 0.458. The number of hydrogen-bond acceptors (Lipinski definition) is 4. The predicted molar refractivity (Wildman–Crippen MR) is 117 cm³/mol. The van der Waals surface area contributed by atoms with Gasteiger partial charge in [0.1, 0.15) is 0 Å². The summed E-state index contributed by atoms with van der Waals surface area (Å²) < 4.78 is 10.5. The summed E-state index contributed by atoms with van der Waals surface area (Å²) in [6, 6.07) is 14.1. The molecule has 0 saturated carbocycles. The van der Waals surface area contributed by atoms with Gasteiger partial charge in [-0.2, -0.15) is 0 Å². The number of anilines is 1. The summed E-state index contributed by atoms with van der Waals surface area (Å²) in [4.78, 5) is 14.9. The molecular weight excluding hydrogens is 364 g/mol. The topological polar surface area (TPSA) is 50.8 Å². The zero-order valence-corrected chi connectivity index (χ0v) is 17.6. The van der Waals surface area contributed by atoms with E-state index in [1.165, 1.54) is 50.0 Å². The number of nitrogens with zero attached hydrogens (tertiary/aromatic N) is 1. The molecule has 0 radical (unpaired) electrons. The van der Waals surface area contributed by atoms with Gasteiger partial charge in [0.2, 0.25) is 0 Å². The molecule has 5 nitrogen and oxygen atoms in total. The first kappa shape index (κ1) is 21.0. The summed E-state index contributed by atoms with van der Waals surface area (Å²) in [7, 11) is 3.15. The summed E-state index contributed by atoms with van der Waals surface area (Å²) in [6.07, 6.45) is 7.14. The summed E-state index contributed by atoms with van der Waals surface area (Å²) >= 11 is 0. The summed E-state index contributed by atoms with van der Waals surface area (Å²) in [5.74, 6) is 1.08. The fourth-order valence-corrected chi connectivity index (χ4v) is 3.78. The third-order valence-electron chi connectivity index (χ3n) is 5.48. The largest absolute Gasteiger partial charge is 0.493 e. The van der Waals surface area contributed by atoms with Crippen LogP contribution in [0, 0.1) is 0 Å². The molecule has 2 aromatic carbocycles. The first-order valence-corrected chi connectivity index (χ1v) is 10.6. The second-order valence-corrected chi connectivity index (χ2v) is 7.50. The summed E-state index contributed by atoms with van der Waals surface area (Å²) in [5.41, 5.74) is 3.21. The fourth-order valence-electron chi connectivity index (χ4n) is 3.78. The Balaban J connectivity index is 1.44. The van der Waals surface area contributed by atoms with Crippen molar-refractivity contribution in [1.29, 1.82) is 0 Å². The van der Waals surface area contributed by atoms with Crippen molar-refractivity contribution >= 4 is 11.6 Å². The third-order valence-corrected chi connectivity index (χ3v) is 5.48. The Hall–Kier alpha value is -2.69. The van der Waals surface area contributed by atoms with Gasteiger partial charge in [0.25, 0.3) is 5.91 Å². The number of rotatable bonds is 8. The van der Waals surface area contributed by atoms with Gasteiger partial charge in [-0.1, -0.05) is 25.0 Å². The molecule has 1 amide bonds. The van der Waals surface area contributed by atoms with Crippen LogP contribution in [0.1, 0.15) is 48.0 Å². The van der Waals surface area contributed by atoms with Crippen LogP contribution in [0.5, 0.6) is 11.5 Å². The van der Waals surface area contributed by atoms with Gasteiger partial charge in [0, 0.05) is 30.9 Å². The lowest BCUT2D eigenvalue weighted by molar-refractivity contribution is 0.0953. The third kappa shape index (κ3) is 5.89. The molecule has 1 heterocycles. The number of aryl methyl sites for hydroxylation is 1. The monoisotopic (exact) mass is 396 g/mol. The maximum absolute atomic E-state index is 12.4. The molecular formula is C24H32N2O3. The van der Waals surface area contributed by atoms with E-state index in [0.717, 1.165) is 12.8 Å². The number of nitrogens with one attached hydrogen (secondary N) is 1. The number of methoxy groups -OCH3 is 2. The highest BCUT2D eigenvalue weighted by Gasteiger charge is 2.11. The Kier molecular flexibility index (Phi) is 7.79. The van der Waals surface area contributed by atoms with Gasteiger partial charge < -0.3 is 19.7 Å². The van der Waals surface area contributed by atoms with Crippen LogP contribution >= 0.6 is 0 Å². The Morgan fingerprint density at radius 2 is 1.62 bits per heavy atom. The highest BCUT2D eigenvalue weighted by molar-refractivity contribution is 5.94. The quantitative estimate of drug-likeness (QED) is 0.670. The normalized spacial score (nSPS) is 14.2. The molecule has 0 atom stereocenters. The molecule has 1 aliphatic heterocycles. The van der Waals surface area contributed by atoms with E-state index in [2.05, 4.69) is 34.5 Å². The average Bonchev–Trinajstić information content (AvgIpc) is 3.06. The molecule has 1 saturated heterocycles. The van der Waals surface area contributed by atoms with Crippen LogP contribution in [0.25, 0.3) is 0 Å². The Labute approximate surface area is 174 Å². The highest BCUT2D eigenvalue weighted by atomic mass is 16.5. The van der Waals surface area contributed by atoms with Crippen LogP contribution in [-0.4, -0.2) is 39.8 Å². The van der Waals surface area contributed by atoms with E-state index in [9.17, 15) is 4.79 Å². The summed E-state index contributed by atoms with van der Waals surface area (Å²) in [5, 5.41) is 2.98. The molecule has 3 rings (SSSR count). The van der Waals surface area contributed by atoms with E-state index < -0.39 is 0 Å². The first-order valence-electron chi connectivity index (χ1n) is 10.6. The lowest BCUT2D eigenvalue weighted by atomic mass is 10.1. The molecule has 0 unspecified atom stereocenters. The molecule has 29 heavy (non-hydrogen) atoms. The number of amides is 1. The second kappa shape index (κ2) is 10.7. The first-order chi connectivity index (χ1) is 14.2. The van der Waals surface area contributed by atoms with Crippen molar-refractivity contribution in [1.82, 2.24) is 5.32 Å². The van der Waals surface area contributed by atoms with Crippen LogP contribution in [0.3, 0.4) is 0 Å². The molecule has 1 aliphatic rings. The molecule has 1 fully saturated rings. The zero-order valence-electron chi connectivity index (χ0n) is 17.6. The molecule has 0 bridgehead atoms. The van der Waals surface area contributed by atoms with Crippen molar-refractivity contribution in [2.45, 2.75) is 38.5 Å². The maximum atomic E-state index is 12.4. The van der Waals surface area contributed by atoms with Gasteiger partial charge in [-0.3, -0.25) is 4.79 Å². The minimum Gasteiger partial charge on any atom is -0.493 e. The maximum Gasteiger partial charge on any atom is 0.251 e. The minimum atomic E-state index is -0.0949. The van der Waals surface area contributed by atoms with Crippen molar-refractivity contribution in [2.24, 2.45) is 0 Å². The Bertz CT molecular complexity index is 781. The summed E-state index contributed by atoms with van der Waals surface area (Å²) in [6.45, 7) is 2.98. The van der Waals surface area contributed by atoms with Crippen molar-refractivity contribution < 1.29 is 14.3 Å². The van der Waals surface area contributed by atoms with Crippen molar-refractivity contribution in [3.05, 3.63) is 53.6 Å². The molecule has 2 aromatic rings. The molecule has 0 aromatic heterocycles. The molecule has 5 heteroatoms. The molecule has 0 aliphatic carbocycles. The van der Waals surface area contributed by atoms with Gasteiger partial charge in [-0.05, 0) is 61.6 Å². The molecule has 156 valence electrons. The van der Waals surface area contributed by atoms with Crippen LogP contribution in [0.15, 0.2) is 42.5 Å². The Morgan fingerprint density at radius 3 is 2.28 bits per heavy atom. The zero-order chi connectivity index (χ0) is 20.5. The average molecular weight is 397 g/mol. The van der Waals surface area contributed by atoms with E-state index in [0.29, 0.717) is 23.6 Å². The second-order valence-electron chi connectivity index (χ2n) is 7.50. The molecule has 1 N–H and O–H groups in total. The van der Waals surface area contributed by atoms with Crippen molar-refractivity contribution in [3.8, 4) is 11.5 Å². The van der Waals surface area contributed by atoms with Crippen LogP contribution in [0.4, 0.5) is 5.69 Å². The lowest BCUT2D eigenvalue weighted by Gasteiger charge is -2.22. The number of carbonyl (C=O) groups excluding carboxylic acids is 1. The number of carbonyl (C=O) groups is 1. The van der Waals surface area contributed by atoms with Crippen molar-refractivity contribution in [3.63, 3.8) is 0 Å². The van der Waals surface area contributed by atoms with Crippen molar-refractivity contribution in [2.75, 3.05) is 38.8 Å². The smallest absolute Gasteiger partial charge is 0.251 e. The lowest BCUT2D eigenvalue weighted by Crippen LogP contribution is -2.25. The number of hydrogen-bond donors (Lipinski definition) is 1. The van der Waals surface area contributed by atoms with E-state index in [-0.39, 0.29) is 5.91 Å². The van der Waals surface area contributed by atoms with Crippen LogP contribution in [-0.2, 0) is 6.42 Å².